The molecule has 6 heteroatoms. The van der Waals surface area contributed by atoms with Gasteiger partial charge in [0, 0.05) is 37.2 Å². The van der Waals surface area contributed by atoms with Gasteiger partial charge in [-0.3, -0.25) is 9.69 Å². The zero-order valence-corrected chi connectivity index (χ0v) is 12.8. The average Bonchev–Trinajstić information content (AvgIpc) is 2.97. The van der Waals surface area contributed by atoms with Crippen LogP contribution in [0.5, 0.6) is 0 Å². The number of aliphatic hydroxyl groups is 1. The van der Waals surface area contributed by atoms with Gasteiger partial charge in [0.25, 0.3) is 0 Å². The van der Waals surface area contributed by atoms with E-state index in [0.29, 0.717) is 0 Å². The smallest absolute Gasteiger partial charge is 0.246 e. The Hall–Kier alpha value is -0.950. The normalized spacial score (nSPS) is 23.1. The van der Waals surface area contributed by atoms with Gasteiger partial charge in [0.2, 0.25) is 5.91 Å². The predicted molar refractivity (Wildman–Crippen MR) is 78.8 cm³/mol. The number of rotatable bonds is 6. The average molecular weight is 298 g/mol. The van der Waals surface area contributed by atoms with E-state index in [1.807, 2.05) is 0 Å². The summed E-state index contributed by atoms with van der Waals surface area (Å²) in [5.41, 5.74) is 1.29. The summed E-state index contributed by atoms with van der Waals surface area (Å²) in [4.78, 5) is 15.1. The first-order valence-electron chi connectivity index (χ1n) is 6.80. The molecular weight excluding hydrogens is 276 g/mol. The van der Waals surface area contributed by atoms with Gasteiger partial charge in [-0.1, -0.05) is 0 Å². The maximum Gasteiger partial charge on any atom is 0.246 e. The van der Waals surface area contributed by atoms with Crippen LogP contribution in [0.1, 0.15) is 16.9 Å². The second-order valence-corrected chi connectivity index (χ2v) is 6.23. The second kappa shape index (κ2) is 7.17. The van der Waals surface area contributed by atoms with Gasteiger partial charge in [0.05, 0.1) is 6.61 Å². The van der Waals surface area contributed by atoms with E-state index >= 15 is 0 Å². The van der Waals surface area contributed by atoms with Crippen LogP contribution in [0, 0.1) is 6.92 Å². The number of likely N-dealkylation sites (tertiary alicyclic amines) is 1. The number of hydrogen-bond donors (Lipinski definition) is 2. The molecule has 1 saturated heterocycles. The minimum atomic E-state index is -0.0941. The Kier molecular flexibility index (Phi) is 5.54. The second-order valence-electron chi connectivity index (χ2n) is 5.23. The van der Waals surface area contributed by atoms with Gasteiger partial charge in [-0.15, -0.1) is 11.3 Å². The highest BCUT2D eigenvalue weighted by atomic mass is 32.1. The fourth-order valence-electron chi connectivity index (χ4n) is 2.62. The van der Waals surface area contributed by atoms with Crippen LogP contribution in [0.3, 0.4) is 0 Å². The molecule has 1 aromatic heterocycles. The van der Waals surface area contributed by atoms with Crippen molar-refractivity contribution in [1.29, 1.82) is 0 Å². The Morgan fingerprint density at radius 2 is 2.45 bits per heavy atom. The molecule has 0 radical (unpaired) electrons. The Labute approximate surface area is 123 Å². The lowest BCUT2D eigenvalue weighted by Gasteiger charge is -2.22. The van der Waals surface area contributed by atoms with Crippen LogP contribution in [0.2, 0.25) is 0 Å². The molecule has 0 saturated carbocycles. The van der Waals surface area contributed by atoms with E-state index in [1.165, 1.54) is 17.6 Å². The molecule has 112 valence electrons. The van der Waals surface area contributed by atoms with Gasteiger partial charge < -0.3 is 15.2 Å². The Morgan fingerprint density at radius 1 is 1.65 bits per heavy atom. The van der Waals surface area contributed by atoms with Crippen molar-refractivity contribution in [3.63, 3.8) is 0 Å². The lowest BCUT2D eigenvalue weighted by molar-refractivity contribution is -0.125. The predicted octanol–water partition coefficient (Wildman–Crippen LogP) is 0.754. The van der Waals surface area contributed by atoms with E-state index in [4.69, 9.17) is 4.74 Å². The van der Waals surface area contributed by atoms with Crippen molar-refractivity contribution in [2.75, 3.05) is 26.9 Å². The van der Waals surface area contributed by atoms with Crippen molar-refractivity contribution in [3.05, 3.63) is 21.9 Å². The number of methoxy groups -OCH3 is 1. The Bertz CT molecular complexity index is 449. The number of aryl methyl sites for hydroxylation is 1. The summed E-state index contributed by atoms with van der Waals surface area (Å²) in [6.07, 6.45) is 0.788. The molecule has 2 N–H and O–H groups in total. The minimum Gasteiger partial charge on any atom is -0.395 e. The van der Waals surface area contributed by atoms with Crippen LogP contribution < -0.4 is 5.32 Å². The molecule has 1 amide bonds. The van der Waals surface area contributed by atoms with Crippen molar-refractivity contribution in [3.8, 4) is 0 Å². The van der Waals surface area contributed by atoms with Crippen molar-refractivity contribution in [2.45, 2.75) is 32.0 Å². The summed E-state index contributed by atoms with van der Waals surface area (Å²) < 4.78 is 4.82. The SMILES string of the molecule is COCC(=O)N[C@H]1C[C@@H](CO)N(Cc2sccc2C)C1. The van der Waals surface area contributed by atoms with Gasteiger partial charge in [0.15, 0.2) is 0 Å². The monoisotopic (exact) mass is 298 g/mol. The van der Waals surface area contributed by atoms with E-state index in [-0.39, 0.29) is 31.2 Å². The highest BCUT2D eigenvalue weighted by molar-refractivity contribution is 7.10. The molecule has 1 aliphatic heterocycles. The molecule has 2 heterocycles. The number of ether oxygens (including phenoxy) is 1. The highest BCUT2D eigenvalue weighted by Gasteiger charge is 2.32. The molecule has 1 aliphatic rings. The molecule has 20 heavy (non-hydrogen) atoms. The highest BCUT2D eigenvalue weighted by Crippen LogP contribution is 2.24. The first-order valence-corrected chi connectivity index (χ1v) is 7.68. The third-order valence-corrected chi connectivity index (χ3v) is 4.70. The molecule has 2 atom stereocenters. The lowest BCUT2D eigenvalue weighted by atomic mass is 10.2. The quantitative estimate of drug-likeness (QED) is 0.814. The zero-order chi connectivity index (χ0) is 14.5. The number of nitrogens with zero attached hydrogens (tertiary/aromatic N) is 1. The topological polar surface area (TPSA) is 61.8 Å². The zero-order valence-electron chi connectivity index (χ0n) is 12.0. The molecule has 5 nitrogen and oxygen atoms in total. The van der Waals surface area contributed by atoms with Crippen LogP contribution in [-0.2, 0) is 16.1 Å². The largest absolute Gasteiger partial charge is 0.395 e. The van der Waals surface area contributed by atoms with Gasteiger partial charge in [-0.05, 0) is 30.4 Å². The van der Waals surface area contributed by atoms with Gasteiger partial charge >= 0.3 is 0 Å². The standard InChI is InChI=1S/C14H22N2O3S/c1-10-3-4-20-13(10)7-16-6-11(5-12(16)8-17)15-14(18)9-19-2/h3-4,11-12,17H,5-9H2,1-2H3,(H,15,18)/t11-,12-/m0/s1. The third kappa shape index (κ3) is 3.79. The first-order chi connectivity index (χ1) is 9.63. The fourth-order valence-corrected chi connectivity index (χ4v) is 3.55. The van der Waals surface area contributed by atoms with E-state index in [9.17, 15) is 9.90 Å². The van der Waals surface area contributed by atoms with Crippen molar-refractivity contribution >= 4 is 17.2 Å². The number of thiophene rings is 1. The molecule has 0 aliphatic carbocycles. The van der Waals surface area contributed by atoms with E-state index in [0.717, 1.165) is 19.5 Å². The fraction of sp³-hybridized carbons (Fsp3) is 0.643. The van der Waals surface area contributed by atoms with Crippen LogP contribution in [0.15, 0.2) is 11.4 Å². The number of carbonyl (C=O) groups is 1. The number of carbonyl (C=O) groups excluding carboxylic acids is 1. The molecule has 0 spiro atoms. The molecular formula is C14H22N2O3S. The maximum atomic E-state index is 11.6. The first kappa shape index (κ1) is 15.4. The Morgan fingerprint density at radius 3 is 3.05 bits per heavy atom. The van der Waals surface area contributed by atoms with Gasteiger partial charge in [-0.2, -0.15) is 0 Å². The summed E-state index contributed by atoms with van der Waals surface area (Å²) >= 11 is 1.74. The minimum absolute atomic E-state index is 0.0876. The van der Waals surface area contributed by atoms with Crippen LogP contribution in [0.4, 0.5) is 0 Å². The summed E-state index contributed by atoms with van der Waals surface area (Å²) in [7, 11) is 1.51. The van der Waals surface area contributed by atoms with E-state index in [1.54, 1.807) is 11.3 Å². The molecule has 2 rings (SSSR count). The van der Waals surface area contributed by atoms with Crippen molar-refractivity contribution < 1.29 is 14.6 Å². The molecule has 1 fully saturated rings. The summed E-state index contributed by atoms with van der Waals surface area (Å²) in [6.45, 7) is 3.93. The number of amides is 1. The third-order valence-electron chi connectivity index (χ3n) is 3.69. The van der Waals surface area contributed by atoms with Crippen LogP contribution in [-0.4, -0.2) is 54.9 Å². The Balaban J connectivity index is 1.92. The van der Waals surface area contributed by atoms with Gasteiger partial charge in [-0.25, -0.2) is 0 Å². The number of aliphatic hydroxyl groups excluding tert-OH is 1. The molecule has 0 bridgehead atoms. The van der Waals surface area contributed by atoms with Crippen molar-refractivity contribution in [2.24, 2.45) is 0 Å². The maximum absolute atomic E-state index is 11.6. The van der Waals surface area contributed by atoms with E-state index in [2.05, 4.69) is 28.6 Å². The van der Waals surface area contributed by atoms with Crippen molar-refractivity contribution in [1.82, 2.24) is 10.2 Å². The molecule has 0 aromatic carbocycles. The molecule has 1 aromatic rings. The van der Waals surface area contributed by atoms with Crippen LogP contribution in [0.25, 0.3) is 0 Å². The summed E-state index contributed by atoms with van der Waals surface area (Å²) in [5.74, 6) is -0.0941. The summed E-state index contributed by atoms with van der Waals surface area (Å²) in [5, 5.41) is 14.6. The number of hydrogen-bond acceptors (Lipinski definition) is 5. The van der Waals surface area contributed by atoms with Crippen LogP contribution >= 0.6 is 11.3 Å². The van der Waals surface area contributed by atoms with Gasteiger partial charge in [0.1, 0.15) is 6.61 Å². The molecule has 0 unspecified atom stereocenters. The van der Waals surface area contributed by atoms with E-state index < -0.39 is 0 Å². The number of nitrogens with one attached hydrogen (secondary N) is 1. The summed E-state index contributed by atoms with van der Waals surface area (Å²) in [6, 6.07) is 2.32. The lowest BCUT2D eigenvalue weighted by Crippen LogP contribution is -2.38.